The molecule has 4 nitrogen and oxygen atoms in total. The van der Waals surface area contributed by atoms with Crippen LogP contribution in [0.1, 0.15) is 172 Å². The van der Waals surface area contributed by atoms with Gasteiger partial charge in [-0.05, 0) is 0 Å². The maximum atomic E-state index is 13.9. The number of unbranched alkanes of at least 4 members (excludes halogenated alkanes) is 2. The first kappa shape index (κ1) is 46.3. The molecule has 60 heavy (non-hydrogen) atoms. The van der Waals surface area contributed by atoms with Crippen LogP contribution in [0.15, 0.2) is 96.1 Å². The molecule has 317 valence electrons. The van der Waals surface area contributed by atoms with Crippen molar-refractivity contribution in [1.29, 1.82) is 0 Å². The Morgan fingerprint density at radius 3 is 1.33 bits per heavy atom. The van der Waals surface area contributed by atoms with Crippen LogP contribution in [0.5, 0.6) is 0 Å². The maximum absolute atomic E-state index is 13.9. The van der Waals surface area contributed by atoms with E-state index >= 15 is 0 Å². The van der Waals surface area contributed by atoms with Gasteiger partial charge in [0.15, 0.2) is 0 Å². The molecular weight excluding hydrogens is 858 g/mol. The number of hydrogen-bond donors (Lipinski definition) is 2. The number of nitrogens with one attached hydrogen (secondary N) is 2. The van der Waals surface area contributed by atoms with Crippen molar-refractivity contribution in [3.05, 3.63) is 129 Å². The molecule has 0 spiro atoms. The first-order valence-corrected chi connectivity index (χ1v) is 33.5. The van der Waals surface area contributed by atoms with Crippen molar-refractivity contribution in [3.63, 3.8) is 0 Å². The molecule has 4 unspecified atom stereocenters. The Bertz CT molecular complexity index is 2110. The molecule has 2 amide bonds. The van der Waals surface area contributed by atoms with Gasteiger partial charge < -0.3 is 0 Å². The standard InChI is InChI=1S/2C23H27.C6H11BN2O2.2ClH.Zr/c2*1-4-6-10-18-15-19-11-9-14-22(23(19)16-18)21-13-8-7-12-20(21)17(3)5-2;1-3-5(10)8-7-9-6(11)4-2;;;/h2*7-9,11-17H,4-6,10H2,1-3H3;3-4H2,1-2H3,(H-,8,9,10,11);2*1H;/q;;;;;+1/p-1. The van der Waals surface area contributed by atoms with Crippen LogP contribution < -0.4 is 10.5 Å². The fourth-order valence-electron chi connectivity index (χ4n) is 10.0. The second-order valence-corrected chi connectivity index (χ2v) is 38.8. The van der Waals surface area contributed by atoms with Gasteiger partial charge in [-0.1, -0.05) is 0 Å². The van der Waals surface area contributed by atoms with E-state index in [0.717, 1.165) is 73.6 Å². The molecule has 0 radical (unpaired) electrons. The predicted molar refractivity (Wildman–Crippen MR) is 256 cm³/mol. The third-order valence-electron chi connectivity index (χ3n) is 13.6. The molecule has 0 fully saturated rings. The summed E-state index contributed by atoms with van der Waals surface area (Å²) in [6.45, 7) is 17.2. The molecule has 2 N–H and O–H groups in total. The van der Waals surface area contributed by atoms with Crippen molar-refractivity contribution in [2.24, 2.45) is 0 Å². The van der Waals surface area contributed by atoms with Crippen LogP contribution in [-0.2, 0) is 25.8 Å². The molecule has 0 bridgehead atoms. The second kappa shape index (κ2) is 19.9. The molecule has 4 aromatic carbocycles. The van der Waals surface area contributed by atoms with Gasteiger partial charge in [-0.2, -0.15) is 0 Å². The van der Waals surface area contributed by atoms with Crippen molar-refractivity contribution in [2.45, 2.75) is 139 Å². The fraction of sp³-hybridized carbons (Fsp3) is 0.423. The molecule has 0 saturated carbocycles. The van der Waals surface area contributed by atoms with Gasteiger partial charge in [0.1, 0.15) is 0 Å². The minimum atomic E-state index is -6.05. The quantitative estimate of drug-likeness (QED) is 0.0921. The Hall–Kier alpha value is -3.17. The van der Waals surface area contributed by atoms with Crippen LogP contribution in [0.3, 0.4) is 0 Å². The van der Waals surface area contributed by atoms with E-state index in [1.54, 1.807) is 0 Å². The number of hydrogen-bond acceptors (Lipinski definition) is 2. The summed E-state index contributed by atoms with van der Waals surface area (Å²) in [5.74, 6) is 0.393. The molecule has 2 aliphatic rings. The van der Waals surface area contributed by atoms with E-state index < -0.39 is 20.7 Å². The van der Waals surface area contributed by atoms with Crippen molar-refractivity contribution in [2.75, 3.05) is 0 Å². The number of carbonyl (C=O) groups excluding carboxylic acids is 2. The summed E-state index contributed by atoms with van der Waals surface area (Å²) < 4.78 is -1.71. The van der Waals surface area contributed by atoms with E-state index in [1.165, 1.54) is 44.5 Å². The van der Waals surface area contributed by atoms with Crippen molar-refractivity contribution >= 4 is 45.5 Å². The van der Waals surface area contributed by atoms with Gasteiger partial charge in [-0.3, -0.25) is 0 Å². The molecule has 2 aliphatic carbocycles. The number of halogens is 2. The van der Waals surface area contributed by atoms with Crippen molar-refractivity contribution in [3.8, 4) is 22.3 Å². The number of fused-ring (bicyclic) bond motifs is 2. The average molecular weight is 924 g/mol. The second-order valence-electron chi connectivity index (χ2n) is 17.4. The molecule has 0 saturated heterocycles. The molecule has 4 atom stereocenters. The van der Waals surface area contributed by atoms with Gasteiger partial charge in [0.2, 0.25) is 0 Å². The summed E-state index contributed by atoms with van der Waals surface area (Å²) in [7, 11) is 18.1. The third-order valence-corrected chi connectivity index (χ3v) is 33.6. The van der Waals surface area contributed by atoms with Crippen LogP contribution in [0.4, 0.5) is 0 Å². The van der Waals surface area contributed by atoms with Crippen molar-refractivity contribution < 1.29 is 25.8 Å². The number of amides is 2. The summed E-state index contributed by atoms with van der Waals surface area (Å²) in [5.41, 5.74) is 14.4. The van der Waals surface area contributed by atoms with Gasteiger partial charge in [0.05, 0.1) is 0 Å². The zero-order valence-corrected chi connectivity index (χ0v) is 41.2. The molecule has 8 heteroatoms. The Labute approximate surface area is 369 Å². The van der Waals surface area contributed by atoms with E-state index in [9.17, 15) is 9.59 Å². The van der Waals surface area contributed by atoms with Gasteiger partial charge in [0.25, 0.3) is 0 Å². The number of carbonyl (C=O) groups is 2. The molecule has 0 heterocycles. The van der Waals surface area contributed by atoms with E-state index in [4.69, 9.17) is 17.0 Å². The van der Waals surface area contributed by atoms with Gasteiger partial charge in [-0.15, -0.1) is 0 Å². The molecule has 6 rings (SSSR count). The summed E-state index contributed by atoms with van der Waals surface area (Å²) in [4.78, 5) is 27.7. The summed E-state index contributed by atoms with van der Waals surface area (Å²) in [5, 5.41) is 6.68. The first-order valence-electron chi connectivity index (χ1n) is 22.9. The van der Waals surface area contributed by atoms with Crippen LogP contribution in [0.25, 0.3) is 34.4 Å². The Morgan fingerprint density at radius 1 is 0.583 bits per heavy atom. The van der Waals surface area contributed by atoms with E-state index in [2.05, 4.69) is 149 Å². The number of benzene rings is 4. The number of allylic oxidation sites excluding steroid dienone is 2. The minimum absolute atomic E-state index is 0.180. The Kier molecular flexibility index (Phi) is 15.4. The SMILES string of the molecule is CCCCC1=Cc2c(-c3ccccc3C(C)CC)cccc2[CH]1[Zr]([Cl])([Cl])([B](NC(=O)CC)NC(=O)CC)[CH]1C(CCCC)=Cc2c(-c3ccccc3C(C)CC)cccc21. The first-order chi connectivity index (χ1) is 28.9. The van der Waals surface area contributed by atoms with Crippen LogP contribution >= 0.6 is 17.0 Å². The van der Waals surface area contributed by atoms with Crippen molar-refractivity contribution in [1.82, 2.24) is 10.5 Å². The zero-order valence-electron chi connectivity index (χ0n) is 37.3. The Morgan fingerprint density at radius 2 is 0.967 bits per heavy atom. The molecule has 0 aliphatic heterocycles. The van der Waals surface area contributed by atoms with Crippen LogP contribution in [0, 0.1) is 0 Å². The monoisotopic (exact) mass is 921 g/mol. The van der Waals surface area contributed by atoms with Gasteiger partial charge in [0, 0.05) is 0 Å². The molecular formula is C52H66BCl2N2O2Zr. The molecule has 4 aromatic rings. The summed E-state index contributed by atoms with van der Waals surface area (Å²) in [6.07, 6.45) is 12.9. The average Bonchev–Trinajstić information content (AvgIpc) is 3.86. The number of rotatable bonds is 19. The fourth-order valence-corrected chi connectivity index (χ4v) is 30.8. The topological polar surface area (TPSA) is 58.2 Å². The van der Waals surface area contributed by atoms with E-state index in [-0.39, 0.29) is 31.9 Å². The zero-order chi connectivity index (χ0) is 43.2. The van der Waals surface area contributed by atoms with Crippen LogP contribution in [0.2, 0.25) is 0 Å². The predicted octanol–water partition coefficient (Wildman–Crippen LogP) is 15.0. The van der Waals surface area contributed by atoms with Gasteiger partial charge in [-0.25, -0.2) is 0 Å². The normalized spacial score (nSPS) is 17.4. The third kappa shape index (κ3) is 8.74. The van der Waals surface area contributed by atoms with Crippen LogP contribution in [-0.4, -0.2) is 16.3 Å². The van der Waals surface area contributed by atoms with Gasteiger partial charge >= 0.3 is 372 Å². The summed E-state index contributed by atoms with van der Waals surface area (Å²) >= 11 is -6.05. The van der Waals surface area contributed by atoms with E-state index in [1.807, 2.05) is 13.8 Å². The van der Waals surface area contributed by atoms with E-state index in [0.29, 0.717) is 11.8 Å². The summed E-state index contributed by atoms with van der Waals surface area (Å²) in [6, 6.07) is 30.9. The Balaban J connectivity index is 1.72. The molecule has 0 aromatic heterocycles.